The number of likely N-dealkylation sites (tertiary alicyclic amines) is 1. The zero-order valence-corrected chi connectivity index (χ0v) is 11.1. The topological polar surface area (TPSA) is 75.4 Å². The fourth-order valence-electron chi connectivity index (χ4n) is 2.30. The van der Waals surface area contributed by atoms with E-state index in [9.17, 15) is 9.59 Å². The lowest BCUT2D eigenvalue weighted by Gasteiger charge is -2.31. The molecule has 19 heavy (non-hydrogen) atoms. The molecule has 1 fully saturated rings. The lowest BCUT2D eigenvalue weighted by Crippen LogP contribution is -2.45. The maximum Gasteiger partial charge on any atom is 0.321 e. The van der Waals surface area contributed by atoms with Crippen LogP contribution >= 0.6 is 0 Å². The Morgan fingerprint density at radius 2 is 2.11 bits per heavy atom. The normalized spacial score (nSPS) is 19.0. The van der Waals surface area contributed by atoms with Gasteiger partial charge in [0, 0.05) is 18.8 Å². The number of nitrogens with two attached hydrogens (primary N) is 1. The van der Waals surface area contributed by atoms with Crippen LogP contribution in [0.4, 0.5) is 10.5 Å². The van der Waals surface area contributed by atoms with E-state index in [2.05, 4.69) is 5.32 Å². The molecule has 1 unspecified atom stereocenters. The summed E-state index contributed by atoms with van der Waals surface area (Å²) in [5.74, 6) is -0.551. The number of rotatable bonds is 2. The lowest BCUT2D eigenvalue weighted by atomic mass is 9.98. The Hall–Kier alpha value is -2.04. The molecule has 5 heteroatoms. The first-order chi connectivity index (χ1) is 9.08. The van der Waals surface area contributed by atoms with Crippen LogP contribution in [0.3, 0.4) is 0 Å². The molecule has 1 aromatic rings. The van der Waals surface area contributed by atoms with Crippen LogP contribution in [0.25, 0.3) is 0 Å². The van der Waals surface area contributed by atoms with E-state index in [4.69, 9.17) is 5.73 Å². The number of carbonyl (C=O) groups excluding carboxylic acids is 2. The highest BCUT2D eigenvalue weighted by molar-refractivity contribution is 5.90. The van der Waals surface area contributed by atoms with Crippen molar-refractivity contribution in [2.75, 3.05) is 18.4 Å². The quantitative estimate of drug-likeness (QED) is 0.850. The first-order valence-electron chi connectivity index (χ1n) is 6.49. The van der Waals surface area contributed by atoms with Gasteiger partial charge in [-0.3, -0.25) is 4.79 Å². The summed E-state index contributed by atoms with van der Waals surface area (Å²) in [6.07, 6.45) is 1.58. The first-order valence-corrected chi connectivity index (χ1v) is 6.49. The minimum absolute atomic E-state index is 0.166. The van der Waals surface area contributed by atoms with E-state index < -0.39 is 0 Å². The van der Waals surface area contributed by atoms with Gasteiger partial charge in [0.25, 0.3) is 0 Å². The van der Waals surface area contributed by atoms with E-state index in [1.165, 1.54) is 0 Å². The summed E-state index contributed by atoms with van der Waals surface area (Å²) in [5.41, 5.74) is 7.12. The summed E-state index contributed by atoms with van der Waals surface area (Å²) in [6, 6.07) is 7.45. The Balaban J connectivity index is 2.00. The van der Waals surface area contributed by atoms with Gasteiger partial charge in [0.2, 0.25) is 5.91 Å². The maximum atomic E-state index is 12.2. The molecule has 1 atom stereocenters. The van der Waals surface area contributed by atoms with Gasteiger partial charge in [0.15, 0.2) is 0 Å². The molecule has 0 bridgehead atoms. The standard InChI is InChI=1S/C14H19N3O2/c1-10-5-2-3-7-12(10)16-14(19)17-8-4-6-11(9-17)13(15)18/h2-3,5,7,11H,4,6,8-9H2,1H3,(H2,15,18)(H,16,19). The molecule has 0 saturated carbocycles. The molecule has 3 N–H and O–H groups in total. The second kappa shape index (κ2) is 5.73. The van der Waals surface area contributed by atoms with Crippen molar-refractivity contribution < 1.29 is 9.59 Å². The fourth-order valence-corrected chi connectivity index (χ4v) is 2.30. The third-order valence-electron chi connectivity index (χ3n) is 3.50. The number of primary amides is 1. The molecule has 0 aromatic heterocycles. The highest BCUT2D eigenvalue weighted by Crippen LogP contribution is 2.18. The van der Waals surface area contributed by atoms with Crippen molar-refractivity contribution in [3.63, 3.8) is 0 Å². The third kappa shape index (κ3) is 3.24. The van der Waals surface area contributed by atoms with Crippen molar-refractivity contribution in [1.82, 2.24) is 4.90 Å². The second-order valence-electron chi connectivity index (χ2n) is 4.93. The van der Waals surface area contributed by atoms with Crippen LogP contribution in [-0.2, 0) is 4.79 Å². The molecule has 0 spiro atoms. The molecule has 102 valence electrons. The highest BCUT2D eigenvalue weighted by atomic mass is 16.2. The zero-order valence-electron chi connectivity index (χ0n) is 11.1. The van der Waals surface area contributed by atoms with Crippen LogP contribution in [0, 0.1) is 12.8 Å². The summed E-state index contributed by atoms with van der Waals surface area (Å²) in [6.45, 7) is 3.02. The number of hydrogen-bond donors (Lipinski definition) is 2. The minimum Gasteiger partial charge on any atom is -0.369 e. The summed E-state index contributed by atoms with van der Waals surface area (Å²) in [7, 11) is 0. The smallest absolute Gasteiger partial charge is 0.321 e. The molecule has 0 radical (unpaired) electrons. The molecule has 1 aromatic carbocycles. The van der Waals surface area contributed by atoms with E-state index >= 15 is 0 Å². The van der Waals surface area contributed by atoms with Gasteiger partial charge in [-0.25, -0.2) is 4.79 Å². The number of piperidine rings is 1. The Morgan fingerprint density at radius 3 is 2.79 bits per heavy atom. The lowest BCUT2D eigenvalue weighted by molar-refractivity contribution is -0.123. The number of nitrogens with one attached hydrogen (secondary N) is 1. The van der Waals surface area contributed by atoms with Crippen LogP contribution in [0.5, 0.6) is 0 Å². The van der Waals surface area contributed by atoms with Crippen molar-refractivity contribution in [3.05, 3.63) is 29.8 Å². The number of para-hydroxylation sites is 1. The number of hydrogen-bond acceptors (Lipinski definition) is 2. The Kier molecular flexibility index (Phi) is 4.04. The summed E-state index contributed by atoms with van der Waals surface area (Å²) in [4.78, 5) is 25.0. The van der Waals surface area contributed by atoms with E-state index in [-0.39, 0.29) is 17.9 Å². The van der Waals surface area contributed by atoms with Crippen LogP contribution in [0.15, 0.2) is 24.3 Å². The first kappa shape index (κ1) is 13.4. The zero-order chi connectivity index (χ0) is 13.8. The highest BCUT2D eigenvalue weighted by Gasteiger charge is 2.27. The number of benzene rings is 1. The fraction of sp³-hybridized carbons (Fsp3) is 0.429. The van der Waals surface area contributed by atoms with Gasteiger partial charge in [-0.05, 0) is 31.4 Å². The van der Waals surface area contributed by atoms with Gasteiger partial charge in [-0.15, -0.1) is 0 Å². The predicted molar refractivity (Wildman–Crippen MR) is 73.7 cm³/mol. The van der Waals surface area contributed by atoms with Crippen molar-refractivity contribution in [3.8, 4) is 0 Å². The number of carbonyl (C=O) groups is 2. The summed E-state index contributed by atoms with van der Waals surface area (Å²) >= 11 is 0. The van der Waals surface area contributed by atoms with Gasteiger partial charge in [0.05, 0.1) is 5.92 Å². The number of amides is 3. The Bertz CT molecular complexity index is 487. The molecular weight excluding hydrogens is 242 g/mol. The Labute approximate surface area is 112 Å². The van der Waals surface area contributed by atoms with Crippen molar-refractivity contribution in [1.29, 1.82) is 0 Å². The number of nitrogens with zero attached hydrogens (tertiary/aromatic N) is 1. The Morgan fingerprint density at radius 1 is 1.37 bits per heavy atom. The van der Waals surface area contributed by atoms with Gasteiger partial charge in [-0.1, -0.05) is 18.2 Å². The SMILES string of the molecule is Cc1ccccc1NC(=O)N1CCCC(C(N)=O)C1. The van der Waals surface area contributed by atoms with Gasteiger partial charge >= 0.3 is 6.03 Å². The number of aryl methyl sites for hydroxylation is 1. The molecule has 1 saturated heterocycles. The average Bonchev–Trinajstić information content (AvgIpc) is 2.41. The average molecular weight is 261 g/mol. The van der Waals surface area contributed by atoms with Crippen molar-refractivity contribution in [2.45, 2.75) is 19.8 Å². The van der Waals surface area contributed by atoms with Crippen LogP contribution in [-0.4, -0.2) is 29.9 Å². The van der Waals surface area contributed by atoms with Crippen LogP contribution in [0.1, 0.15) is 18.4 Å². The third-order valence-corrected chi connectivity index (χ3v) is 3.50. The molecule has 2 rings (SSSR count). The maximum absolute atomic E-state index is 12.2. The van der Waals surface area contributed by atoms with E-state index in [1.807, 2.05) is 31.2 Å². The van der Waals surface area contributed by atoms with E-state index in [1.54, 1.807) is 4.90 Å². The number of anilines is 1. The van der Waals surface area contributed by atoms with Gasteiger partial charge in [0.1, 0.15) is 0 Å². The van der Waals surface area contributed by atoms with E-state index in [0.29, 0.717) is 13.1 Å². The largest absolute Gasteiger partial charge is 0.369 e. The molecule has 1 aliphatic rings. The summed E-state index contributed by atoms with van der Waals surface area (Å²) < 4.78 is 0. The molecule has 5 nitrogen and oxygen atoms in total. The van der Waals surface area contributed by atoms with Crippen molar-refractivity contribution in [2.24, 2.45) is 11.7 Å². The van der Waals surface area contributed by atoms with Gasteiger partial charge < -0.3 is 16.0 Å². The summed E-state index contributed by atoms with van der Waals surface area (Å²) in [5, 5.41) is 2.87. The molecule has 0 aliphatic carbocycles. The minimum atomic E-state index is -0.326. The van der Waals surface area contributed by atoms with Crippen LogP contribution < -0.4 is 11.1 Å². The number of urea groups is 1. The van der Waals surface area contributed by atoms with Crippen LogP contribution in [0.2, 0.25) is 0 Å². The predicted octanol–water partition coefficient (Wildman–Crippen LogP) is 1.72. The molecule has 3 amide bonds. The molecule has 1 heterocycles. The van der Waals surface area contributed by atoms with Crippen molar-refractivity contribution >= 4 is 17.6 Å². The molecule has 1 aliphatic heterocycles. The monoisotopic (exact) mass is 261 g/mol. The molecular formula is C14H19N3O2. The van der Waals surface area contributed by atoms with Gasteiger partial charge in [-0.2, -0.15) is 0 Å². The van der Waals surface area contributed by atoms with E-state index in [0.717, 1.165) is 24.1 Å². The second-order valence-corrected chi connectivity index (χ2v) is 4.93.